The van der Waals surface area contributed by atoms with Crippen LogP contribution in [0.4, 0.5) is 0 Å². The van der Waals surface area contributed by atoms with Gasteiger partial charge in [0.2, 0.25) is 0 Å². The highest BCUT2D eigenvalue weighted by Gasteiger charge is 2.09. The highest BCUT2D eigenvalue weighted by atomic mass is 79.9. The van der Waals surface area contributed by atoms with Gasteiger partial charge in [0.1, 0.15) is 0 Å². The molecule has 1 aromatic rings. The van der Waals surface area contributed by atoms with Gasteiger partial charge < -0.3 is 0 Å². The van der Waals surface area contributed by atoms with Gasteiger partial charge in [-0.15, -0.1) is 0 Å². The van der Waals surface area contributed by atoms with Crippen molar-refractivity contribution >= 4 is 21.6 Å². The van der Waals surface area contributed by atoms with Gasteiger partial charge in [-0.25, -0.2) is 0 Å². The lowest BCUT2D eigenvalue weighted by molar-refractivity contribution is 0.878. The lowest BCUT2D eigenvalue weighted by Crippen LogP contribution is -2.10. The van der Waals surface area contributed by atoms with Crippen LogP contribution in [0.2, 0.25) is 0 Å². The van der Waals surface area contributed by atoms with E-state index >= 15 is 0 Å². The highest BCUT2D eigenvalue weighted by Crippen LogP contribution is 2.13. The van der Waals surface area contributed by atoms with Crippen molar-refractivity contribution < 1.29 is 0 Å². The fourth-order valence-electron chi connectivity index (χ4n) is 1.21. The molecule has 0 spiro atoms. The van der Waals surface area contributed by atoms with Crippen molar-refractivity contribution in [2.24, 2.45) is 10.9 Å². The summed E-state index contributed by atoms with van der Waals surface area (Å²) in [7, 11) is 0. The maximum absolute atomic E-state index is 4.41. The van der Waals surface area contributed by atoms with Crippen LogP contribution < -0.4 is 0 Å². The molecule has 0 radical (unpaired) electrons. The van der Waals surface area contributed by atoms with Crippen LogP contribution in [0.25, 0.3) is 0 Å². The molecule has 0 atom stereocenters. The zero-order chi connectivity index (χ0) is 11.3. The van der Waals surface area contributed by atoms with Crippen LogP contribution in [0.3, 0.4) is 0 Å². The summed E-state index contributed by atoms with van der Waals surface area (Å²) in [6.45, 7) is 6.19. The normalized spacial score (nSPS) is 12.7. The van der Waals surface area contributed by atoms with Gasteiger partial charge in [-0.3, -0.25) is 9.98 Å². The Morgan fingerprint density at radius 1 is 1.53 bits per heavy atom. The lowest BCUT2D eigenvalue weighted by Gasteiger charge is -2.08. The van der Waals surface area contributed by atoms with Crippen LogP contribution in [0.5, 0.6) is 0 Å². The summed E-state index contributed by atoms with van der Waals surface area (Å²) < 4.78 is 1.03. The minimum absolute atomic E-state index is 0.364. The van der Waals surface area contributed by atoms with Gasteiger partial charge in [-0.1, -0.05) is 35.9 Å². The van der Waals surface area contributed by atoms with E-state index in [0.717, 1.165) is 15.9 Å². The van der Waals surface area contributed by atoms with Crippen molar-refractivity contribution in [3.63, 3.8) is 0 Å². The maximum atomic E-state index is 4.41. The molecule has 0 saturated heterocycles. The first kappa shape index (κ1) is 12.1. The molecule has 0 aliphatic heterocycles. The molecule has 0 aliphatic carbocycles. The molecule has 0 saturated carbocycles. The summed E-state index contributed by atoms with van der Waals surface area (Å²) in [6, 6.07) is 3.90. The number of halogens is 1. The number of aromatic nitrogens is 1. The summed E-state index contributed by atoms with van der Waals surface area (Å²) in [6.07, 6.45) is 5.51. The van der Waals surface area contributed by atoms with E-state index in [1.165, 1.54) is 0 Å². The molecule has 0 amide bonds. The fraction of sp³-hybridized carbons (Fsp3) is 0.333. The van der Waals surface area contributed by atoms with Crippen LogP contribution in [0.1, 0.15) is 26.5 Å². The first-order valence-electron chi connectivity index (χ1n) is 4.96. The Hall–Kier alpha value is -0.960. The minimum atomic E-state index is 0.364. The van der Waals surface area contributed by atoms with E-state index in [1.807, 2.05) is 25.1 Å². The molecule has 1 heterocycles. The average Bonchev–Trinajstić information content (AvgIpc) is 2.18. The van der Waals surface area contributed by atoms with Crippen molar-refractivity contribution in [3.8, 4) is 0 Å². The zero-order valence-electron chi connectivity index (χ0n) is 9.24. The van der Waals surface area contributed by atoms with E-state index in [9.17, 15) is 0 Å². The predicted octanol–water partition coefficient (Wildman–Crippen LogP) is 3.82. The number of pyridine rings is 1. The number of nitrogens with zero attached hydrogens (tertiary/aromatic N) is 2. The molecule has 80 valence electrons. The topological polar surface area (TPSA) is 25.2 Å². The third-order valence-corrected chi connectivity index (χ3v) is 2.39. The first-order chi connectivity index (χ1) is 7.15. The van der Waals surface area contributed by atoms with E-state index in [-0.39, 0.29) is 0 Å². The fourth-order valence-corrected chi connectivity index (χ4v) is 1.55. The van der Waals surface area contributed by atoms with Crippen LogP contribution in [-0.4, -0.2) is 10.7 Å². The van der Waals surface area contributed by atoms with Crippen molar-refractivity contribution in [2.75, 3.05) is 0 Å². The quantitative estimate of drug-likeness (QED) is 0.764. The largest absolute Gasteiger partial charge is 0.259 e. The molecule has 2 nitrogen and oxygen atoms in total. The Kier molecular flexibility index (Phi) is 4.69. The number of hydrogen-bond acceptors (Lipinski definition) is 2. The second kappa shape index (κ2) is 5.81. The third kappa shape index (κ3) is 3.59. The SMILES string of the molecule is C/C=C\N=C(c1cc(Br)ccn1)C(C)C. The Morgan fingerprint density at radius 3 is 2.80 bits per heavy atom. The maximum Gasteiger partial charge on any atom is 0.0858 e. The molecule has 3 heteroatoms. The van der Waals surface area contributed by atoms with E-state index in [4.69, 9.17) is 0 Å². The van der Waals surface area contributed by atoms with E-state index in [0.29, 0.717) is 5.92 Å². The van der Waals surface area contributed by atoms with Gasteiger partial charge in [-0.2, -0.15) is 0 Å². The van der Waals surface area contributed by atoms with E-state index < -0.39 is 0 Å². The van der Waals surface area contributed by atoms with Crippen molar-refractivity contribution in [1.29, 1.82) is 0 Å². The molecule has 0 fully saturated rings. The molecule has 0 N–H and O–H groups in total. The first-order valence-corrected chi connectivity index (χ1v) is 5.75. The second-order valence-corrected chi connectivity index (χ2v) is 4.43. The standard InChI is InChI=1S/C12H15BrN2/c1-4-6-15-12(9(2)3)11-8-10(13)5-7-14-11/h4-9H,1-3H3/b6-4-,15-12?. The number of allylic oxidation sites excluding steroid dienone is 1. The van der Waals surface area contributed by atoms with Gasteiger partial charge in [0.15, 0.2) is 0 Å². The zero-order valence-corrected chi connectivity index (χ0v) is 10.8. The smallest absolute Gasteiger partial charge is 0.0858 e. The number of rotatable bonds is 3. The van der Waals surface area contributed by atoms with E-state index in [2.05, 4.69) is 39.8 Å². The Labute approximate surface area is 99.3 Å². The van der Waals surface area contributed by atoms with Crippen LogP contribution in [0.15, 0.2) is 40.1 Å². The monoisotopic (exact) mass is 266 g/mol. The Bertz CT molecular complexity index is 381. The molecule has 15 heavy (non-hydrogen) atoms. The molecule has 0 bridgehead atoms. The molecule has 0 aromatic carbocycles. The van der Waals surface area contributed by atoms with Gasteiger partial charge in [-0.05, 0) is 25.0 Å². The Balaban J connectivity index is 3.10. The molecule has 1 rings (SSSR count). The highest BCUT2D eigenvalue weighted by molar-refractivity contribution is 9.10. The van der Waals surface area contributed by atoms with Crippen LogP contribution in [-0.2, 0) is 0 Å². The lowest BCUT2D eigenvalue weighted by atomic mass is 10.0. The van der Waals surface area contributed by atoms with Crippen molar-refractivity contribution in [3.05, 3.63) is 40.8 Å². The summed E-state index contributed by atoms with van der Waals surface area (Å²) in [5.74, 6) is 0.364. The van der Waals surface area contributed by atoms with Crippen LogP contribution in [0, 0.1) is 5.92 Å². The molecule has 1 aromatic heterocycles. The average molecular weight is 267 g/mol. The van der Waals surface area contributed by atoms with Crippen LogP contribution >= 0.6 is 15.9 Å². The molecular weight excluding hydrogens is 252 g/mol. The molecular formula is C12H15BrN2. The predicted molar refractivity (Wildman–Crippen MR) is 68.1 cm³/mol. The van der Waals surface area contributed by atoms with E-state index in [1.54, 1.807) is 12.4 Å². The van der Waals surface area contributed by atoms with Crippen molar-refractivity contribution in [2.45, 2.75) is 20.8 Å². The number of hydrogen-bond donors (Lipinski definition) is 0. The summed E-state index contributed by atoms with van der Waals surface area (Å²) in [5, 5.41) is 0. The molecule has 0 aliphatic rings. The minimum Gasteiger partial charge on any atom is -0.259 e. The van der Waals surface area contributed by atoms with Gasteiger partial charge in [0, 0.05) is 16.9 Å². The summed E-state index contributed by atoms with van der Waals surface area (Å²) >= 11 is 3.43. The van der Waals surface area contributed by atoms with Crippen molar-refractivity contribution in [1.82, 2.24) is 4.98 Å². The Morgan fingerprint density at radius 2 is 2.27 bits per heavy atom. The second-order valence-electron chi connectivity index (χ2n) is 3.51. The van der Waals surface area contributed by atoms with Gasteiger partial charge >= 0.3 is 0 Å². The summed E-state index contributed by atoms with van der Waals surface area (Å²) in [4.78, 5) is 8.73. The number of aliphatic imine (C=N–C) groups is 1. The van der Waals surface area contributed by atoms with Gasteiger partial charge in [0.05, 0.1) is 11.4 Å². The summed E-state index contributed by atoms with van der Waals surface area (Å²) in [5.41, 5.74) is 1.94. The van der Waals surface area contributed by atoms with Gasteiger partial charge in [0.25, 0.3) is 0 Å². The third-order valence-electron chi connectivity index (χ3n) is 1.89. The molecule has 0 unspecified atom stereocenters.